The molecule has 0 aromatic heterocycles. The molecular formula is C7H11NO3. The fourth-order valence-electron chi connectivity index (χ4n) is 1.41. The first-order valence-electron chi connectivity index (χ1n) is 3.92. The number of nitrogens with zero attached hydrogens (tertiary/aromatic N) is 1. The third-order valence-corrected chi connectivity index (χ3v) is 2.02. The molecule has 0 spiro atoms. The maximum atomic E-state index is 11.1. The summed E-state index contributed by atoms with van der Waals surface area (Å²) in [6.45, 7) is 3.03. The lowest BCUT2D eigenvalue weighted by Crippen LogP contribution is -2.31. The largest absolute Gasteiger partial charge is 0.450 e. The third kappa shape index (κ3) is 1.07. The summed E-state index contributed by atoms with van der Waals surface area (Å²) in [6, 6.07) is 0. The highest BCUT2D eigenvalue weighted by molar-refractivity contribution is 5.68. The van der Waals surface area contributed by atoms with Gasteiger partial charge in [-0.15, -0.1) is 0 Å². The molecule has 62 valence electrons. The van der Waals surface area contributed by atoms with Gasteiger partial charge in [-0.2, -0.15) is 0 Å². The van der Waals surface area contributed by atoms with E-state index in [9.17, 15) is 4.79 Å². The van der Waals surface area contributed by atoms with Crippen molar-refractivity contribution in [3.63, 3.8) is 0 Å². The van der Waals surface area contributed by atoms with Crippen molar-refractivity contribution in [3.8, 4) is 0 Å². The van der Waals surface area contributed by atoms with Crippen molar-refractivity contribution >= 4 is 6.09 Å². The van der Waals surface area contributed by atoms with Gasteiger partial charge in [-0.05, 0) is 13.3 Å². The molecule has 4 heteroatoms. The van der Waals surface area contributed by atoms with Crippen molar-refractivity contribution < 1.29 is 14.3 Å². The Bertz CT molecular complexity index is 183. The number of amides is 1. The van der Waals surface area contributed by atoms with E-state index in [1.54, 1.807) is 11.8 Å². The minimum atomic E-state index is -0.238. The number of rotatable bonds is 1. The summed E-state index contributed by atoms with van der Waals surface area (Å²) >= 11 is 0. The highest BCUT2D eigenvalue weighted by Gasteiger charge is 2.51. The Balaban J connectivity index is 1.89. The van der Waals surface area contributed by atoms with Gasteiger partial charge in [-0.3, -0.25) is 4.90 Å². The molecule has 2 heterocycles. The normalized spacial score (nSPS) is 33.4. The Kier molecular flexibility index (Phi) is 1.49. The number of fused-ring (bicyclic) bond motifs is 1. The maximum absolute atomic E-state index is 11.1. The molecule has 11 heavy (non-hydrogen) atoms. The van der Waals surface area contributed by atoms with E-state index in [0.29, 0.717) is 12.7 Å². The number of epoxide rings is 1. The lowest BCUT2D eigenvalue weighted by molar-refractivity contribution is 0.0861. The Morgan fingerprint density at radius 2 is 2.64 bits per heavy atom. The molecule has 2 saturated heterocycles. The zero-order valence-corrected chi connectivity index (χ0v) is 6.45. The van der Waals surface area contributed by atoms with Gasteiger partial charge in [0, 0.05) is 6.54 Å². The molecule has 0 aromatic rings. The molecule has 0 saturated carbocycles. The second-order valence-corrected chi connectivity index (χ2v) is 2.75. The van der Waals surface area contributed by atoms with Gasteiger partial charge < -0.3 is 9.47 Å². The monoisotopic (exact) mass is 157 g/mol. The van der Waals surface area contributed by atoms with Gasteiger partial charge >= 0.3 is 6.09 Å². The van der Waals surface area contributed by atoms with E-state index in [4.69, 9.17) is 9.47 Å². The highest BCUT2D eigenvalue weighted by atomic mass is 16.6. The molecular weight excluding hydrogens is 146 g/mol. The van der Waals surface area contributed by atoms with Crippen molar-refractivity contribution in [3.05, 3.63) is 0 Å². The smallest absolute Gasteiger partial charge is 0.411 e. The SMILES string of the molecule is CCOC(=O)N1CCC2OC21. The molecule has 2 unspecified atom stereocenters. The number of carbonyl (C=O) groups excluding carboxylic acids is 1. The van der Waals surface area contributed by atoms with Crippen molar-refractivity contribution in [2.24, 2.45) is 0 Å². The second kappa shape index (κ2) is 2.37. The van der Waals surface area contributed by atoms with Crippen LogP contribution in [0.3, 0.4) is 0 Å². The lowest BCUT2D eigenvalue weighted by Gasteiger charge is -2.14. The summed E-state index contributed by atoms with van der Waals surface area (Å²) in [5, 5.41) is 0. The van der Waals surface area contributed by atoms with E-state index in [1.165, 1.54) is 0 Å². The van der Waals surface area contributed by atoms with E-state index >= 15 is 0 Å². The van der Waals surface area contributed by atoms with Gasteiger partial charge in [0.15, 0.2) is 6.23 Å². The van der Waals surface area contributed by atoms with Crippen LogP contribution in [0.2, 0.25) is 0 Å². The van der Waals surface area contributed by atoms with E-state index in [-0.39, 0.29) is 12.3 Å². The maximum Gasteiger partial charge on any atom is 0.411 e. The fourth-order valence-corrected chi connectivity index (χ4v) is 1.41. The molecule has 2 atom stereocenters. The quantitative estimate of drug-likeness (QED) is 0.523. The summed E-state index contributed by atoms with van der Waals surface area (Å²) in [7, 11) is 0. The zero-order chi connectivity index (χ0) is 7.84. The Hall–Kier alpha value is -0.770. The summed E-state index contributed by atoms with van der Waals surface area (Å²) in [5.74, 6) is 0. The van der Waals surface area contributed by atoms with Crippen LogP contribution in [0.5, 0.6) is 0 Å². The van der Waals surface area contributed by atoms with E-state index < -0.39 is 0 Å². The number of hydrogen-bond donors (Lipinski definition) is 0. The van der Waals surface area contributed by atoms with Crippen LogP contribution in [0.25, 0.3) is 0 Å². The van der Waals surface area contributed by atoms with Crippen molar-refractivity contribution in [2.75, 3.05) is 13.2 Å². The van der Waals surface area contributed by atoms with Crippen molar-refractivity contribution in [2.45, 2.75) is 25.7 Å². The molecule has 0 aromatic carbocycles. The first-order chi connectivity index (χ1) is 5.33. The first-order valence-corrected chi connectivity index (χ1v) is 3.92. The second-order valence-electron chi connectivity index (χ2n) is 2.75. The Labute approximate surface area is 65.1 Å². The van der Waals surface area contributed by atoms with Crippen LogP contribution >= 0.6 is 0 Å². The molecule has 0 N–H and O–H groups in total. The van der Waals surface area contributed by atoms with Crippen LogP contribution in [-0.4, -0.2) is 36.5 Å². The summed E-state index contributed by atoms with van der Waals surface area (Å²) in [4.78, 5) is 12.8. The van der Waals surface area contributed by atoms with E-state index in [0.717, 1.165) is 13.0 Å². The molecule has 2 fully saturated rings. The molecule has 0 aliphatic carbocycles. The predicted octanol–water partition coefficient (Wildman–Crippen LogP) is 0.573. The van der Waals surface area contributed by atoms with Crippen LogP contribution in [0.1, 0.15) is 13.3 Å². The molecule has 2 aliphatic heterocycles. The Morgan fingerprint density at radius 1 is 1.82 bits per heavy atom. The summed E-state index contributed by atoms with van der Waals surface area (Å²) < 4.78 is 9.99. The minimum Gasteiger partial charge on any atom is -0.450 e. The molecule has 2 aliphatic rings. The summed E-state index contributed by atoms with van der Waals surface area (Å²) in [5.41, 5.74) is 0. The molecule has 0 bridgehead atoms. The average molecular weight is 157 g/mol. The van der Waals surface area contributed by atoms with Gasteiger partial charge in [0.2, 0.25) is 0 Å². The molecule has 2 rings (SSSR count). The highest BCUT2D eigenvalue weighted by Crippen LogP contribution is 2.35. The van der Waals surface area contributed by atoms with Crippen LogP contribution in [-0.2, 0) is 9.47 Å². The predicted molar refractivity (Wildman–Crippen MR) is 37.0 cm³/mol. The number of hydrogen-bond acceptors (Lipinski definition) is 3. The van der Waals surface area contributed by atoms with Crippen LogP contribution < -0.4 is 0 Å². The van der Waals surface area contributed by atoms with Gasteiger partial charge in [-0.1, -0.05) is 0 Å². The average Bonchev–Trinajstić information content (AvgIpc) is 2.63. The van der Waals surface area contributed by atoms with E-state index in [2.05, 4.69) is 0 Å². The number of ether oxygens (including phenoxy) is 2. The number of carbonyl (C=O) groups is 1. The van der Waals surface area contributed by atoms with Crippen molar-refractivity contribution in [1.82, 2.24) is 4.90 Å². The third-order valence-electron chi connectivity index (χ3n) is 2.02. The van der Waals surface area contributed by atoms with Crippen LogP contribution in [0, 0.1) is 0 Å². The number of likely N-dealkylation sites (tertiary alicyclic amines) is 1. The molecule has 1 amide bonds. The first kappa shape index (κ1) is 6.91. The minimum absolute atomic E-state index is 0.0362. The lowest BCUT2D eigenvalue weighted by atomic mass is 10.4. The summed E-state index contributed by atoms with van der Waals surface area (Å²) in [6.07, 6.45) is 1.06. The Morgan fingerprint density at radius 3 is 3.09 bits per heavy atom. The topological polar surface area (TPSA) is 42.1 Å². The fraction of sp³-hybridized carbons (Fsp3) is 0.857. The zero-order valence-electron chi connectivity index (χ0n) is 6.45. The van der Waals surface area contributed by atoms with Crippen LogP contribution in [0.4, 0.5) is 4.79 Å². The van der Waals surface area contributed by atoms with Gasteiger partial charge in [0.25, 0.3) is 0 Å². The van der Waals surface area contributed by atoms with Gasteiger partial charge in [-0.25, -0.2) is 4.79 Å². The molecule has 0 radical (unpaired) electrons. The van der Waals surface area contributed by atoms with Crippen LogP contribution in [0.15, 0.2) is 0 Å². The standard InChI is InChI=1S/C7H11NO3/c1-2-10-7(9)8-4-3-5-6(8)11-5/h5-6H,2-4H2,1H3. The molecule has 4 nitrogen and oxygen atoms in total. The van der Waals surface area contributed by atoms with Crippen molar-refractivity contribution in [1.29, 1.82) is 0 Å². The van der Waals surface area contributed by atoms with E-state index in [1.807, 2.05) is 0 Å². The van der Waals surface area contributed by atoms with Gasteiger partial charge in [0.05, 0.1) is 6.61 Å². The van der Waals surface area contributed by atoms with Gasteiger partial charge in [0.1, 0.15) is 6.10 Å².